The highest BCUT2D eigenvalue weighted by Gasteiger charge is 2.21. The Balaban J connectivity index is 1.14. The normalized spacial score (nSPS) is 11.7. The number of ether oxygens (including phenoxy) is 4. The minimum atomic E-state index is -0.770. The molecule has 0 aromatic heterocycles. The van der Waals surface area contributed by atoms with Crippen LogP contribution in [-0.4, -0.2) is 32.6 Å². The third kappa shape index (κ3) is 9.57. The first-order valence-electron chi connectivity index (χ1n) is 14.6. The molecular weight excluding hydrogens is 524 g/mol. The third-order valence-corrected chi connectivity index (χ3v) is 7.36. The highest BCUT2D eigenvalue weighted by atomic mass is 16.7. The SMILES string of the molecule is CC(C)(COCCc1ccc(OC(=O)Oc2ccc(CCOCC(C)(C)c3ccccc3)cc2)cc1)c1ccccc1. The van der Waals surface area contributed by atoms with E-state index in [4.69, 9.17) is 18.9 Å². The molecule has 4 aromatic rings. The van der Waals surface area contributed by atoms with Crippen LogP contribution in [0.2, 0.25) is 0 Å². The number of carbonyl (C=O) groups is 1. The fourth-order valence-electron chi connectivity index (χ4n) is 4.64. The Hall–Kier alpha value is -3.93. The van der Waals surface area contributed by atoms with E-state index in [-0.39, 0.29) is 10.8 Å². The fourth-order valence-corrected chi connectivity index (χ4v) is 4.64. The first-order valence-corrected chi connectivity index (χ1v) is 14.6. The van der Waals surface area contributed by atoms with Crippen LogP contribution >= 0.6 is 0 Å². The molecule has 5 heteroatoms. The van der Waals surface area contributed by atoms with Crippen molar-refractivity contribution in [3.8, 4) is 11.5 Å². The summed E-state index contributed by atoms with van der Waals surface area (Å²) in [6, 6.07) is 35.6. The minimum Gasteiger partial charge on any atom is -0.395 e. The van der Waals surface area contributed by atoms with Crippen molar-refractivity contribution in [2.24, 2.45) is 0 Å². The van der Waals surface area contributed by atoms with Crippen LogP contribution in [0.3, 0.4) is 0 Å². The van der Waals surface area contributed by atoms with Gasteiger partial charge in [-0.2, -0.15) is 0 Å². The summed E-state index contributed by atoms with van der Waals surface area (Å²) in [5.74, 6) is 0.865. The molecule has 0 amide bonds. The summed E-state index contributed by atoms with van der Waals surface area (Å²) in [5, 5.41) is 0. The number of hydrogen-bond donors (Lipinski definition) is 0. The van der Waals surface area contributed by atoms with E-state index in [1.807, 2.05) is 36.4 Å². The smallest absolute Gasteiger partial charge is 0.395 e. The molecule has 0 atom stereocenters. The molecule has 0 heterocycles. The molecule has 0 aliphatic heterocycles. The molecule has 0 unspecified atom stereocenters. The zero-order valence-corrected chi connectivity index (χ0v) is 25.2. The van der Waals surface area contributed by atoms with Gasteiger partial charge in [-0.1, -0.05) is 113 Å². The van der Waals surface area contributed by atoms with Gasteiger partial charge in [0.05, 0.1) is 26.4 Å². The number of hydrogen-bond acceptors (Lipinski definition) is 5. The largest absolute Gasteiger partial charge is 0.519 e. The summed E-state index contributed by atoms with van der Waals surface area (Å²) in [6.45, 7) is 11.3. The molecule has 4 aromatic carbocycles. The Labute approximate surface area is 250 Å². The molecule has 0 bridgehead atoms. The molecule has 5 nitrogen and oxygen atoms in total. The lowest BCUT2D eigenvalue weighted by atomic mass is 9.86. The lowest BCUT2D eigenvalue weighted by Crippen LogP contribution is -2.24. The van der Waals surface area contributed by atoms with Crippen molar-refractivity contribution in [1.29, 1.82) is 0 Å². The molecule has 220 valence electrons. The van der Waals surface area contributed by atoms with Crippen molar-refractivity contribution in [3.63, 3.8) is 0 Å². The Morgan fingerprint density at radius 1 is 0.524 bits per heavy atom. The predicted molar refractivity (Wildman–Crippen MR) is 168 cm³/mol. The third-order valence-electron chi connectivity index (χ3n) is 7.36. The quantitative estimate of drug-likeness (QED) is 0.0872. The van der Waals surface area contributed by atoms with Crippen molar-refractivity contribution in [1.82, 2.24) is 0 Å². The monoisotopic (exact) mass is 566 g/mol. The van der Waals surface area contributed by atoms with Crippen LogP contribution in [0.25, 0.3) is 0 Å². The van der Waals surface area contributed by atoms with Gasteiger partial charge in [-0.15, -0.1) is 0 Å². The molecule has 0 aliphatic rings. The second-order valence-electron chi connectivity index (χ2n) is 11.8. The summed E-state index contributed by atoms with van der Waals surface area (Å²) >= 11 is 0. The van der Waals surface area contributed by atoms with Gasteiger partial charge in [0, 0.05) is 10.8 Å². The van der Waals surface area contributed by atoms with Gasteiger partial charge in [0.1, 0.15) is 11.5 Å². The highest BCUT2D eigenvalue weighted by molar-refractivity contribution is 5.67. The number of rotatable bonds is 14. The van der Waals surface area contributed by atoms with E-state index in [0.717, 1.165) is 24.0 Å². The van der Waals surface area contributed by atoms with Crippen molar-refractivity contribution in [3.05, 3.63) is 131 Å². The van der Waals surface area contributed by atoms with E-state index >= 15 is 0 Å². The highest BCUT2D eigenvalue weighted by Crippen LogP contribution is 2.24. The van der Waals surface area contributed by atoms with Crippen molar-refractivity contribution < 1.29 is 23.7 Å². The van der Waals surface area contributed by atoms with Crippen LogP contribution in [0.1, 0.15) is 49.9 Å². The van der Waals surface area contributed by atoms with Gasteiger partial charge in [-0.25, -0.2) is 4.79 Å². The molecule has 0 saturated heterocycles. The molecule has 4 rings (SSSR count). The summed E-state index contributed by atoms with van der Waals surface area (Å²) in [4.78, 5) is 12.3. The average molecular weight is 567 g/mol. The first kappa shape index (κ1) is 31.0. The van der Waals surface area contributed by atoms with E-state index in [1.165, 1.54) is 11.1 Å². The Morgan fingerprint density at radius 2 is 0.881 bits per heavy atom. The lowest BCUT2D eigenvalue weighted by Gasteiger charge is -2.25. The van der Waals surface area contributed by atoms with Crippen LogP contribution < -0.4 is 9.47 Å². The zero-order chi connectivity index (χ0) is 29.8. The summed E-state index contributed by atoms with van der Waals surface area (Å²) in [6.07, 6.45) is 0.781. The predicted octanol–water partition coefficient (Wildman–Crippen LogP) is 8.34. The van der Waals surface area contributed by atoms with Crippen molar-refractivity contribution in [2.45, 2.75) is 51.4 Å². The van der Waals surface area contributed by atoms with Crippen molar-refractivity contribution >= 4 is 6.16 Å². The van der Waals surface area contributed by atoms with Gasteiger partial charge in [0.25, 0.3) is 0 Å². The van der Waals surface area contributed by atoms with Gasteiger partial charge in [0.15, 0.2) is 0 Å². The summed E-state index contributed by atoms with van der Waals surface area (Å²) in [5.41, 5.74) is 4.65. The van der Waals surface area contributed by atoms with E-state index in [9.17, 15) is 4.79 Å². The lowest BCUT2D eigenvalue weighted by molar-refractivity contribution is 0.0970. The minimum absolute atomic E-state index is 0.0475. The maximum absolute atomic E-state index is 12.3. The maximum atomic E-state index is 12.3. The molecular formula is C37H42O5. The van der Waals surface area contributed by atoms with E-state index in [0.29, 0.717) is 37.9 Å². The van der Waals surface area contributed by atoms with Crippen LogP contribution in [0.15, 0.2) is 109 Å². The van der Waals surface area contributed by atoms with Crippen LogP contribution in [0, 0.1) is 0 Å². The second-order valence-corrected chi connectivity index (χ2v) is 11.8. The van der Waals surface area contributed by atoms with Crippen LogP contribution in [-0.2, 0) is 33.1 Å². The molecule has 0 radical (unpaired) electrons. The molecule has 0 spiro atoms. The Kier molecular flexibility index (Phi) is 10.9. The van der Waals surface area contributed by atoms with E-state index in [1.54, 1.807) is 24.3 Å². The van der Waals surface area contributed by atoms with E-state index in [2.05, 4.69) is 76.2 Å². The molecule has 0 N–H and O–H groups in total. The zero-order valence-electron chi connectivity index (χ0n) is 25.2. The maximum Gasteiger partial charge on any atom is 0.519 e. The fraction of sp³-hybridized carbons (Fsp3) is 0.324. The molecule has 0 fully saturated rings. The van der Waals surface area contributed by atoms with Gasteiger partial charge in [-0.3, -0.25) is 0 Å². The Morgan fingerprint density at radius 3 is 1.24 bits per heavy atom. The van der Waals surface area contributed by atoms with Gasteiger partial charge >= 0.3 is 6.16 Å². The standard InChI is InChI=1S/C37H42O5/c1-36(2,31-11-7-5-8-12-31)27-39-25-23-29-15-19-33(20-16-29)41-35(38)42-34-21-17-30(18-22-34)24-26-40-28-37(3,4)32-13-9-6-10-14-32/h5-22H,23-28H2,1-4H3. The van der Waals surface area contributed by atoms with Crippen LogP contribution in [0.5, 0.6) is 11.5 Å². The summed E-state index contributed by atoms with van der Waals surface area (Å²) < 4.78 is 22.7. The average Bonchev–Trinajstić information content (AvgIpc) is 3.00. The second kappa shape index (κ2) is 14.8. The molecule has 42 heavy (non-hydrogen) atoms. The number of benzene rings is 4. The van der Waals surface area contributed by atoms with Gasteiger partial charge < -0.3 is 18.9 Å². The van der Waals surface area contributed by atoms with Crippen LogP contribution in [0.4, 0.5) is 4.79 Å². The van der Waals surface area contributed by atoms with Gasteiger partial charge in [-0.05, 0) is 59.4 Å². The van der Waals surface area contributed by atoms with Gasteiger partial charge in [0.2, 0.25) is 0 Å². The summed E-state index contributed by atoms with van der Waals surface area (Å²) in [7, 11) is 0. The Bertz CT molecular complexity index is 1250. The molecule has 0 aliphatic carbocycles. The number of carbonyl (C=O) groups excluding carboxylic acids is 1. The first-order chi connectivity index (χ1) is 20.2. The van der Waals surface area contributed by atoms with E-state index < -0.39 is 6.16 Å². The topological polar surface area (TPSA) is 54.0 Å². The molecule has 0 saturated carbocycles. The van der Waals surface area contributed by atoms with Crippen molar-refractivity contribution in [2.75, 3.05) is 26.4 Å².